The predicted octanol–water partition coefficient (Wildman–Crippen LogP) is 1.76. The molecule has 2 aromatic rings. The van der Waals surface area contributed by atoms with Crippen LogP contribution in [0.15, 0.2) is 28.8 Å². The zero-order chi connectivity index (χ0) is 14.0. The normalized spacial score (nSPS) is 12.1. The Morgan fingerprint density at radius 1 is 1.53 bits per heavy atom. The molecule has 0 fully saturated rings. The number of carbonyl (C=O) groups is 1. The molecule has 0 spiro atoms. The molecule has 2 rings (SSSR count). The number of amides is 1. The van der Waals surface area contributed by atoms with Gasteiger partial charge in [0, 0.05) is 0 Å². The Kier molecular flexibility index (Phi) is 3.41. The summed E-state index contributed by atoms with van der Waals surface area (Å²) in [4.78, 5) is 16.0. The Labute approximate surface area is 110 Å². The molecule has 0 aliphatic rings. The van der Waals surface area contributed by atoms with Gasteiger partial charge in [-0.15, -0.1) is 0 Å². The van der Waals surface area contributed by atoms with Crippen LogP contribution in [0, 0.1) is 6.92 Å². The second kappa shape index (κ2) is 5.01. The average Bonchev–Trinajstić information content (AvgIpc) is 2.79. The molecule has 6 nitrogen and oxygen atoms in total. The molecule has 100 valence electrons. The highest BCUT2D eigenvalue weighted by molar-refractivity contribution is 5.98. The molecule has 1 heterocycles. The number of hydrogen-bond donors (Lipinski definition) is 3. The molecule has 1 aromatic heterocycles. The van der Waals surface area contributed by atoms with Gasteiger partial charge < -0.3 is 20.6 Å². The van der Waals surface area contributed by atoms with Crippen molar-refractivity contribution >= 4 is 11.6 Å². The second-order valence-electron chi connectivity index (χ2n) is 4.25. The van der Waals surface area contributed by atoms with E-state index >= 15 is 0 Å². The predicted molar refractivity (Wildman–Crippen MR) is 69.6 cm³/mol. The number of phenolic OH excluding ortho intramolecular Hbond substituents is 1. The number of benzene rings is 1. The van der Waals surface area contributed by atoms with Crippen LogP contribution < -0.4 is 11.1 Å². The van der Waals surface area contributed by atoms with Gasteiger partial charge in [-0.25, -0.2) is 4.98 Å². The van der Waals surface area contributed by atoms with E-state index in [9.17, 15) is 9.90 Å². The molecule has 6 heteroatoms. The number of nitrogen functional groups attached to an aromatic ring is 1. The van der Waals surface area contributed by atoms with Crippen molar-refractivity contribution in [3.05, 3.63) is 41.6 Å². The van der Waals surface area contributed by atoms with Gasteiger partial charge in [-0.2, -0.15) is 0 Å². The first-order valence-electron chi connectivity index (χ1n) is 5.79. The summed E-state index contributed by atoms with van der Waals surface area (Å²) in [5.41, 5.74) is 5.82. The van der Waals surface area contributed by atoms with Crippen LogP contribution in [0.3, 0.4) is 0 Å². The van der Waals surface area contributed by atoms with Crippen molar-refractivity contribution in [3.8, 4) is 5.75 Å². The summed E-state index contributed by atoms with van der Waals surface area (Å²) in [5, 5.41) is 12.4. The number of aromatic hydroxyl groups is 1. The van der Waals surface area contributed by atoms with Crippen LogP contribution in [-0.2, 0) is 0 Å². The molecule has 19 heavy (non-hydrogen) atoms. The number of hydrogen-bond acceptors (Lipinski definition) is 5. The SMILES string of the molecule is Cc1cnc(C(C)NC(=O)c2cccc(N)c2O)o1. The molecule has 0 aliphatic carbocycles. The number of nitrogens with one attached hydrogen (secondary N) is 1. The topological polar surface area (TPSA) is 101 Å². The molecule has 1 aromatic carbocycles. The van der Waals surface area contributed by atoms with Crippen molar-refractivity contribution in [2.24, 2.45) is 0 Å². The van der Waals surface area contributed by atoms with Crippen LogP contribution in [0.4, 0.5) is 5.69 Å². The average molecular weight is 261 g/mol. The van der Waals surface area contributed by atoms with E-state index in [0.717, 1.165) is 0 Å². The van der Waals surface area contributed by atoms with Crippen LogP contribution in [0.1, 0.15) is 35.0 Å². The van der Waals surface area contributed by atoms with Gasteiger partial charge in [-0.3, -0.25) is 4.79 Å². The van der Waals surface area contributed by atoms with Crippen molar-refractivity contribution in [1.29, 1.82) is 0 Å². The fourth-order valence-electron chi connectivity index (χ4n) is 1.65. The van der Waals surface area contributed by atoms with Gasteiger partial charge in [0.05, 0.1) is 17.4 Å². The van der Waals surface area contributed by atoms with Gasteiger partial charge in [-0.05, 0) is 26.0 Å². The number of nitrogens with two attached hydrogens (primary N) is 1. The molecule has 1 amide bonds. The summed E-state index contributed by atoms with van der Waals surface area (Å²) >= 11 is 0. The lowest BCUT2D eigenvalue weighted by Gasteiger charge is -2.12. The standard InChI is InChI=1S/C13H15N3O3/c1-7-6-15-13(19-7)8(2)16-12(18)9-4-3-5-10(14)11(9)17/h3-6,8,17H,14H2,1-2H3,(H,16,18). The van der Waals surface area contributed by atoms with Gasteiger partial charge in [-0.1, -0.05) is 6.07 Å². The third-order valence-corrected chi connectivity index (χ3v) is 2.67. The lowest BCUT2D eigenvalue weighted by atomic mass is 10.1. The van der Waals surface area contributed by atoms with E-state index in [4.69, 9.17) is 10.2 Å². The Morgan fingerprint density at radius 2 is 2.26 bits per heavy atom. The van der Waals surface area contributed by atoms with Crippen LogP contribution in [0.5, 0.6) is 5.75 Å². The van der Waals surface area contributed by atoms with Gasteiger partial charge in [0.25, 0.3) is 5.91 Å². The molecule has 4 N–H and O–H groups in total. The van der Waals surface area contributed by atoms with Crippen LogP contribution in [0.25, 0.3) is 0 Å². The number of aryl methyl sites for hydroxylation is 1. The summed E-state index contributed by atoms with van der Waals surface area (Å²) < 4.78 is 5.32. The third kappa shape index (κ3) is 2.67. The molecule has 0 radical (unpaired) electrons. The summed E-state index contributed by atoms with van der Waals surface area (Å²) in [6.07, 6.45) is 1.58. The second-order valence-corrected chi connectivity index (χ2v) is 4.25. The molecular formula is C13H15N3O3. The van der Waals surface area contributed by atoms with E-state index in [2.05, 4.69) is 10.3 Å². The Morgan fingerprint density at radius 3 is 2.89 bits per heavy atom. The Balaban J connectivity index is 2.15. The summed E-state index contributed by atoms with van der Waals surface area (Å²) in [7, 11) is 0. The van der Waals surface area contributed by atoms with Crippen molar-refractivity contribution in [2.75, 3.05) is 5.73 Å². The number of oxazole rings is 1. The fraction of sp³-hybridized carbons (Fsp3) is 0.231. The molecule has 0 saturated heterocycles. The zero-order valence-electron chi connectivity index (χ0n) is 10.7. The minimum atomic E-state index is -0.437. The van der Waals surface area contributed by atoms with Crippen molar-refractivity contribution in [2.45, 2.75) is 19.9 Å². The zero-order valence-corrected chi connectivity index (χ0v) is 10.7. The maximum absolute atomic E-state index is 12.0. The summed E-state index contributed by atoms with van der Waals surface area (Å²) in [6, 6.07) is 4.22. The largest absolute Gasteiger partial charge is 0.505 e. The van der Waals surface area contributed by atoms with E-state index < -0.39 is 11.9 Å². The van der Waals surface area contributed by atoms with Crippen LogP contribution in [0.2, 0.25) is 0 Å². The quantitative estimate of drug-likeness (QED) is 0.577. The lowest BCUT2D eigenvalue weighted by Crippen LogP contribution is -2.27. The first-order valence-corrected chi connectivity index (χ1v) is 5.79. The van der Waals surface area contributed by atoms with E-state index in [1.54, 1.807) is 26.1 Å². The number of rotatable bonds is 3. The number of aromatic nitrogens is 1. The third-order valence-electron chi connectivity index (χ3n) is 2.67. The minimum Gasteiger partial charge on any atom is -0.505 e. The first kappa shape index (κ1) is 12.9. The van der Waals surface area contributed by atoms with E-state index in [1.165, 1.54) is 12.1 Å². The number of phenols is 1. The Hall–Kier alpha value is -2.50. The Bertz CT molecular complexity index is 607. The number of carbonyl (C=O) groups excluding carboxylic acids is 1. The van der Waals surface area contributed by atoms with Gasteiger partial charge in [0.15, 0.2) is 5.75 Å². The van der Waals surface area contributed by atoms with Crippen molar-refractivity contribution < 1.29 is 14.3 Å². The fourth-order valence-corrected chi connectivity index (χ4v) is 1.65. The summed E-state index contributed by atoms with van der Waals surface area (Å²) in [6.45, 7) is 3.52. The molecule has 0 saturated carbocycles. The van der Waals surface area contributed by atoms with Gasteiger partial charge in [0.2, 0.25) is 5.89 Å². The molecule has 1 atom stereocenters. The van der Waals surface area contributed by atoms with E-state index in [1.807, 2.05) is 0 Å². The monoisotopic (exact) mass is 261 g/mol. The van der Waals surface area contributed by atoms with E-state index in [0.29, 0.717) is 11.7 Å². The van der Waals surface area contributed by atoms with Crippen molar-refractivity contribution in [3.63, 3.8) is 0 Å². The maximum Gasteiger partial charge on any atom is 0.255 e. The molecule has 0 aliphatic heterocycles. The highest BCUT2D eigenvalue weighted by atomic mass is 16.4. The minimum absolute atomic E-state index is 0.120. The maximum atomic E-state index is 12.0. The summed E-state index contributed by atoms with van der Waals surface area (Å²) in [5.74, 6) is 0.418. The highest BCUT2D eigenvalue weighted by Gasteiger charge is 2.18. The molecule has 0 bridgehead atoms. The van der Waals surface area contributed by atoms with E-state index in [-0.39, 0.29) is 17.0 Å². The number of anilines is 1. The van der Waals surface area contributed by atoms with Gasteiger partial charge in [0.1, 0.15) is 11.8 Å². The molecular weight excluding hydrogens is 246 g/mol. The lowest BCUT2D eigenvalue weighted by molar-refractivity contribution is 0.0931. The van der Waals surface area contributed by atoms with Crippen LogP contribution in [-0.4, -0.2) is 16.0 Å². The first-order chi connectivity index (χ1) is 8.99. The van der Waals surface area contributed by atoms with Gasteiger partial charge >= 0.3 is 0 Å². The number of para-hydroxylation sites is 1. The van der Waals surface area contributed by atoms with Crippen molar-refractivity contribution in [1.82, 2.24) is 10.3 Å². The number of nitrogens with zero attached hydrogens (tertiary/aromatic N) is 1. The van der Waals surface area contributed by atoms with Crippen LogP contribution >= 0.6 is 0 Å². The smallest absolute Gasteiger partial charge is 0.255 e. The molecule has 1 unspecified atom stereocenters. The highest BCUT2D eigenvalue weighted by Crippen LogP contribution is 2.25.